The SMILES string of the molecule is CN=C(NCCOCCS(C)(=O)=O)NC1CCCN(Cc2ccc(F)cc2Cl)C1.I. The fourth-order valence-electron chi connectivity index (χ4n) is 3.15. The van der Waals surface area contributed by atoms with Crippen molar-refractivity contribution in [1.82, 2.24) is 15.5 Å². The third kappa shape index (κ3) is 10.6. The summed E-state index contributed by atoms with van der Waals surface area (Å²) in [5.41, 5.74) is 0.919. The zero-order valence-corrected chi connectivity index (χ0v) is 21.3. The molecule has 1 aliphatic rings. The maximum atomic E-state index is 13.2. The van der Waals surface area contributed by atoms with Crippen LogP contribution in [0.2, 0.25) is 5.02 Å². The summed E-state index contributed by atoms with van der Waals surface area (Å²) in [6.45, 7) is 3.60. The first kappa shape index (κ1) is 27.3. The second kappa shape index (κ2) is 13.7. The number of hydrogen-bond acceptors (Lipinski definition) is 5. The molecule has 7 nitrogen and oxygen atoms in total. The molecule has 0 spiro atoms. The molecule has 0 aliphatic carbocycles. The van der Waals surface area contributed by atoms with Gasteiger partial charge in [-0.15, -0.1) is 24.0 Å². The van der Waals surface area contributed by atoms with E-state index in [0.29, 0.717) is 30.7 Å². The highest BCUT2D eigenvalue weighted by atomic mass is 127. The van der Waals surface area contributed by atoms with Gasteiger partial charge in [0.05, 0.1) is 19.0 Å². The van der Waals surface area contributed by atoms with Gasteiger partial charge in [0, 0.05) is 44.0 Å². The first-order chi connectivity index (χ1) is 13.8. The highest BCUT2D eigenvalue weighted by molar-refractivity contribution is 14.0. The number of hydrogen-bond donors (Lipinski definition) is 2. The van der Waals surface area contributed by atoms with E-state index in [4.69, 9.17) is 16.3 Å². The van der Waals surface area contributed by atoms with E-state index in [-0.39, 0.29) is 48.2 Å². The Morgan fingerprint density at radius 3 is 2.83 bits per heavy atom. The Kier molecular flexibility index (Phi) is 12.5. The third-order valence-corrected chi connectivity index (χ3v) is 5.88. The van der Waals surface area contributed by atoms with Crippen LogP contribution in [0.1, 0.15) is 18.4 Å². The van der Waals surface area contributed by atoms with Crippen molar-refractivity contribution < 1.29 is 17.5 Å². The molecule has 1 fully saturated rings. The second-order valence-corrected chi connectivity index (χ2v) is 9.86. The van der Waals surface area contributed by atoms with Gasteiger partial charge in [-0.1, -0.05) is 17.7 Å². The van der Waals surface area contributed by atoms with Crippen LogP contribution in [0.3, 0.4) is 0 Å². The molecule has 172 valence electrons. The first-order valence-corrected chi connectivity index (χ1v) is 12.1. The summed E-state index contributed by atoms with van der Waals surface area (Å²) in [6.07, 6.45) is 3.26. The number of piperidine rings is 1. The van der Waals surface area contributed by atoms with Crippen molar-refractivity contribution in [2.45, 2.75) is 25.4 Å². The van der Waals surface area contributed by atoms with E-state index in [0.717, 1.165) is 31.5 Å². The number of benzene rings is 1. The Labute approximate surface area is 200 Å². The molecule has 0 saturated carbocycles. The molecule has 30 heavy (non-hydrogen) atoms. The Hall–Kier alpha value is -0.690. The quantitative estimate of drug-likeness (QED) is 0.203. The van der Waals surface area contributed by atoms with Crippen molar-refractivity contribution in [1.29, 1.82) is 0 Å². The van der Waals surface area contributed by atoms with Gasteiger partial charge in [-0.2, -0.15) is 0 Å². The van der Waals surface area contributed by atoms with Crippen molar-refractivity contribution >= 4 is 51.4 Å². The van der Waals surface area contributed by atoms with Gasteiger partial charge in [0.25, 0.3) is 0 Å². The predicted octanol–water partition coefficient (Wildman–Crippen LogP) is 2.29. The fourth-order valence-corrected chi connectivity index (χ4v) is 3.80. The average Bonchev–Trinajstić information content (AvgIpc) is 2.65. The molecule has 1 atom stereocenters. The standard InChI is InChI=1S/C19H30ClFN4O3S.HI/c1-22-19(23-7-9-28-10-11-29(2,26)27)24-17-4-3-8-25(14-17)13-15-5-6-16(21)12-18(15)20;/h5-6,12,17H,3-4,7-11,13-14H2,1-2H3,(H2,22,23,24);1H. The van der Waals surface area contributed by atoms with E-state index in [1.54, 1.807) is 13.1 Å². The number of ether oxygens (including phenoxy) is 1. The lowest BCUT2D eigenvalue weighted by molar-refractivity contribution is 0.153. The van der Waals surface area contributed by atoms with Crippen LogP contribution in [0, 0.1) is 5.82 Å². The van der Waals surface area contributed by atoms with Crippen molar-refractivity contribution in [2.24, 2.45) is 4.99 Å². The second-order valence-electron chi connectivity index (χ2n) is 7.20. The number of nitrogens with zero attached hydrogens (tertiary/aromatic N) is 2. The maximum absolute atomic E-state index is 13.2. The maximum Gasteiger partial charge on any atom is 0.191 e. The minimum Gasteiger partial charge on any atom is -0.379 e. The van der Waals surface area contributed by atoms with Gasteiger partial charge < -0.3 is 15.4 Å². The zero-order valence-electron chi connectivity index (χ0n) is 17.4. The number of guanidine groups is 1. The lowest BCUT2D eigenvalue weighted by atomic mass is 10.0. The fraction of sp³-hybridized carbons (Fsp3) is 0.632. The molecular weight excluding hydrogens is 546 g/mol. The van der Waals surface area contributed by atoms with Crippen LogP contribution in [0.15, 0.2) is 23.2 Å². The third-order valence-electron chi connectivity index (χ3n) is 4.62. The topological polar surface area (TPSA) is 83.0 Å². The van der Waals surface area contributed by atoms with Gasteiger partial charge >= 0.3 is 0 Å². The Balaban J connectivity index is 0.00000450. The van der Waals surface area contributed by atoms with E-state index in [1.807, 2.05) is 0 Å². The van der Waals surface area contributed by atoms with Crippen molar-refractivity contribution in [3.8, 4) is 0 Å². The molecule has 1 aromatic carbocycles. The molecule has 0 bridgehead atoms. The summed E-state index contributed by atoms with van der Waals surface area (Å²) < 4.78 is 40.7. The molecule has 2 N–H and O–H groups in total. The van der Waals surface area contributed by atoms with Gasteiger partial charge in [-0.3, -0.25) is 9.89 Å². The van der Waals surface area contributed by atoms with Crippen LogP contribution in [0.25, 0.3) is 0 Å². The highest BCUT2D eigenvalue weighted by Gasteiger charge is 2.21. The smallest absolute Gasteiger partial charge is 0.191 e. The number of likely N-dealkylation sites (tertiary alicyclic amines) is 1. The summed E-state index contributed by atoms with van der Waals surface area (Å²) in [7, 11) is -1.29. The van der Waals surface area contributed by atoms with E-state index < -0.39 is 9.84 Å². The number of rotatable bonds is 9. The molecule has 0 amide bonds. The zero-order chi connectivity index (χ0) is 21.3. The lowest BCUT2D eigenvalue weighted by Crippen LogP contribution is -2.51. The van der Waals surface area contributed by atoms with Crippen LogP contribution in [0.5, 0.6) is 0 Å². The van der Waals surface area contributed by atoms with Gasteiger partial charge in [-0.05, 0) is 37.1 Å². The largest absolute Gasteiger partial charge is 0.379 e. The lowest BCUT2D eigenvalue weighted by Gasteiger charge is -2.34. The number of nitrogens with one attached hydrogen (secondary N) is 2. The van der Waals surface area contributed by atoms with Crippen molar-refractivity contribution in [2.75, 3.05) is 51.9 Å². The molecule has 1 aromatic rings. The van der Waals surface area contributed by atoms with Crippen molar-refractivity contribution in [3.05, 3.63) is 34.6 Å². The van der Waals surface area contributed by atoms with E-state index >= 15 is 0 Å². The predicted molar refractivity (Wildman–Crippen MR) is 130 cm³/mol. The van der Waals surface area contributed by atoms with E-state index in [1.165, 1.54) is 18.4 Å². The Morgan fingerprint density at radius 1 is 1.40 bits per heavy atom. The number of aliphatic imine (C=N–C) groups is 1. The number of sulfone groups is 1. The monoisotopic (exact) mass is 576 g/mol. The summed E-state index contributed by atoms with van der Waals surface area (Å²) in [5.74, 6) is 0.381. The first-order valence-electron chi connectivity index (χ1n) is 9.66. The molecule has 1 saturated heterocycles. The molecule has 1 aliphatic heterocycles. The average molecular weight is 577 g/mol. The van der Waals surface area contributed by atoms with Gasteiger partial charge in [0.1, 0.15) is 15.7 Å². The minimum atomic E-state index is -3.00. The molecule has 0 radical (unpaired) electrons. The summed E-state index contributed by atoms with van der Waals surface area (Å²) >= 11 is 6.15. The molecule has 11 heteroatoms. The van der Waals surface area contributed by atoms with Crippen LogP contribution in [-0.2, 0) is 21.1 Å². The highest BCUT2D eigenvalue weighted by Crippen LogP contribution is 2.21. The molecular formula is C19H31ClFIN4O3S. The Bertz CT molecular complexity index is 798. The minimum absolute atomic E-state index is 0. The molecule has 2 rings (SSSR count). The van der Waals surface area contributed by atoms with E-state index in [9.17, 15) is 12.8 Å². The molecule has 1 unspecified atom stereocenters. The Morgan fingerprint density at radius 2 is 2.17 bits per heavy atom. The molecule has 0 aromatic heterocycles. The summed E-state index contributed by atoms with van der Waals surface area (Å²) in [4.78, 5) is 6.53. The normalized spacial score (nSPS) is 18.0. The van der Waals surface area contributed by atoms with Crippen LogP contribution in [0.4, 0.5) is 4.39 Å². The van der Waals surface area contributed by atoms with Gasteiger partial charge in [0.2, 0.25) is 0 Å². The summed E-state index contributed by atoms with van der Waals surface area (Å²) in [5, 5.41) is 7.04. The number of halogens is 3. The van der Waals surface area contributed by atoms with Crippen molar-refractivity contribution in [3.63, 3.8) is 0 Å². The van der Waals surface area contributed by atoms with Crippen LogP contribution < -0.4 is 10.6 Å². The van der Waals surface area contributed by atoms with E-state index in [2.05, 4.69) is 20.5 Å². The van der Waals surface area contributed by atoms with Crippen LogP contribution >= 0.6 is 35.6 Å². The summed E-state index contributed by atoms with van der Waals surface area (Å²) in [6, 6.07) is 4.75. The van der Waals surface area contributed by atoms with Gasteiger partial charge in [0.15, 0.2) is 5.96 Å². The molecule has 1 heterocycles. The van der Waals surface area contributed by atoms with Gasteiger partial charge in [-0.25, -0.2) is 12.8 Å². The van der Waals surface area contributed by atoms with Crippen LogP contribution in [-0.4, -0.2) is 77.2 Å².